The van der Waals surface area contributed by atoms with Crippen molar-refractivity contribution in [3.63, 3.8) is 0 Å². The molecular formula is C12H15ClN2O2. The van der Waals surface area contributed by atoms with Crippen LogP contribution in [0.5, 0.6) is 0 Å². The number of carbonyl (C=O) groups excluding carboxylic acids is 1. The molecule has 0 spiro atoms. The Bertz CT molecular complexity index is 444. The number of hydrazone groups is 1. The maximum Gasteiger partial charge on any atom is 0.354 e. The lowest BCUT2D eigenvalue weighted by molar-refractivity contribution is -0.135. The number of nitrogens with zero attached hydrogens (tertiary/aromatic N) is 1. The molecule has 0 radical (unpaired) electrons. The summed E-state index contributed by atoms with van der Waals surface area (Å²) in [5, 5.41) is 4.62. The molecule has 0 amide bonds. The second-order valence-corrected chi connectivity index (χ2v) is 3.93. The van der Waals surface area contributed by atoms with Crippen molar-refractivity contribution in [2.24, 2.45) is 5.10 Å². The normalized spacial score (nSPS) is 11.2. The average molecular weight is 255 g/mol. The maximum atomic E-state index is 11.3. The van der Waals surface area contributed by atoms with Crippen molar-refractivity contribution in [3.8, 4) is 0 Å². The standard InChI is InChI=1S/C12H15ClN2O2/c1-4-17-12(16)9(3)14-15-11-6-5-10(13)7-8(11)2/h5-7,15H,4H2,1-3H3/b14-9+. The van der Waals surface area contributed by atoms with Crippen LogP contribution in [0.2, 0.25) is 5.02 Å². The molecule has 0 fully saturated rings. The number of hydrogen-bond acceptors (Lipinski definition) is 4. The molecule has 0 aliphatic rings. The molecule has 0 atom stereocenters. The van der Waals surface area contributed by atoms with E-state index in [1.807, 2.05) is 13.0 Å². The fourth-order valence-corrected chi connectivity index (χ4v) is 1.40. The molecule has 5 heteroatoms. The van der Waals surface area contributed by atoms with Crippen molar-refractivity contribution < 1.29 is 9.53 Å². The van der Waals surface area contributed by atoms with Crippen LogP contribution >= 0.6 is 11.6 Å². The molecule has 0 aliphatic carbocycles. The second kappa shape index (κ2) is 6.25. The number of benzene rings is 1. The summed E-state index contributed by atoms with van der Waals surface area (Å²) >= 11 is 5.83. The first-order valence-electron chi connectivity index (χ1n) is 5.28. The molecule has 0 saturated heterocycles. The lowest BCUT2D eigenvalue weighted by Gasteiger charge is -2.06. The Morgan fingerprint density at radius 3 is 2.82 bits per heavy atom. The Morgan fingerprint density at radius 2 is 2.24 bits per heavy atom. The molecule has 0 unspecified atom stereocenters. The van der Waals surface area contributed by atoms with Crippen LogP contribution in [0.1, 0.15) is 19.4 Å². The van der Waals surface area contributed by atoms with Gasteiger partial charge < -0.3 is 4.74 Å². The highest BCUT2D eigenvalue weighted by molar-refractivity contribution is 6.35. The number of esters is 1. The van der Waals surface area contributed by atoms with Gasteiger partial charge in [0.05, 0.1) is 12.3 Å². The third kappa shape index (κ3) is 4.07. The molecule has 0 aromatic heterocycles. The van der Waals surface area contributed by atoms with Gasteiger partial charge in [0.15, 0.2) is 0 Å². The first-order chi connectivity index (χ1) is 8.04. The molecular weight excluding hydrogens is 240 g/mol. The van der Waals surface area contributed by atoms with E-state index < -0.39 is 5.97 Å². The van der Waals surface area contributed by atoms with Crippen LogP contribution in [0.25, 0.3) is 0 Å². The van der Waals surface area contributed by atoms with Crippen LogP contribution in [0, 0.1) is 6.92 Å². The molecule has 92 valence electrons. The van der Waals surface area contributed by atoms with Gasteiger partial charge in [-0.1, -0.05) is 11.6 Å². The van der Waals surface area contributed by atoms with Gasteiger partial charge in [-0.3, -0.25) is 5.43 Å². The largest absolute Gasteiger partial charge is 0.461 e. The minimum atomic E-state index is -0.424. The Kier molecular flexibility index (Phi) is 4.97. The van der Waals surface area contributed by atoms with Gasteiger partial charge in [0, 0.05) is 5.02 Å². The summed E-state index contributed by atoms with van der Waals surface area (Å²) in [5.74, 6) is -0.424. The lowest BCUT2D eigenvalue weighted by atomic mass is 10.2. The van der Waals surface area contributed by atoms with E-state index in [0.717, 1.165) is 11.3 Å². The van der Waals surface area contributed by atoms with E-state index in [2.05, 4.69) is 10.5 Å². The molecule has 1 aromatic rings. The lowest BCUT2D eigenvalue weighted by Crippen LogP contribution is -2.15. The van der Waals surface area contributed by atoms with Crippen LogP contribution in [0.15, 0.2) is 23.3 Å². The van der Waals surface area contributed by atoms with E-state index in [-0.39, 0.29) is 5.71 Å². The predicted octanol–water partition coefficient (Wildman–Crippen LogP) is 3.00. The van der Waals surface area contributed by atoms with E-state index in [1.165, 1.54) is 0 Å². The Labute approximate surface area is 106 Å². The van der Waals surface area contributed by atoms with Crippen molar-refractivity contribution in [1.82, 2.24) is 0 Å². The Balaban J connectivity index is 2.72. The fourth-order valence-electron chi connectivity index (χ4n) is 1.18. The third-order valence-corrected chi connectivity index (χ3v) is 2.34. The van der Waals surface area contributed by atoms with E-state index in [4.69, 9.17) is 16.3 Å². The zero-order chi connectivity index (χ0) is 12.8. The minimum absolute atomic E-state index is 0.279. The highest BCUT2D eigenvalue weighted by Crippen LogP contribution is 2.19. The van der Waals surface area contributed by atoms with E-state index >= 15 is 0 Å². The second-order valence-electron chi connectivity index (χ2n) is 3.49. The van der Waals surface area contributed by atoms with Crippen molar-refractivity contribution in [1.29, 1.82) is 0 Å². The fraction of sp³-hybridized carbons (Fsp3) is 0.333. The highest BCUT2D eigenvalue weighted by atomic mass is 35.5. The van der Waals surface area contributed by atoms with Crippen molar-refractivity contribution >= 4 is 29.0 Å². The number of aryl methyl sites for hydroxylation is 1. The number of hydrogen-bond donors (Lipinski definition) is 1. The molecule has 0 heterocycles. The van der Waals surface area contributed by atoms with Gasteiger partial charge >= 0.3 is 5.97 Å². The van der Waals surface area contributed by atoms with Gasteiger partial charge in [-0.25, -0.2) is 4.79 Å². The highest BCUT2D eigenvalue weighted by Gasteiger charge is 2.06. The van der Waals surface area contributed by atoms with Gasteiger partial charge in [0.1, 0.15) is 5.71 Å². The number of nitrogens with one attached hydrogen (secondary N) is 1. The molecule has 1 N–H and O–H groups in total. The van der Waals surface area contributed by atoms with Crippen LogP contribution < -0.4 is 5.43 Å². The zero-order valence-corrected chi connectivity index (χ0v) is 10.8. The summed E-state index contributed by atoms with van der Waals surface area (Å²) in [6, 6.07) is 5.38. The van der Waals surface area contributed by atoms with Crippen LogP contribution in [-0.4, -0.2) is 18.3 Å². The Hall–Kier alpha value is -1.55. The number of halogens is 1. The summed E-state index contributed by atoms with van der Waals surface area (Å²) in [6.07, 6.45) is 0. The first kappa shape index (κ1) is 13.5. The quantitative estimate of drug-likeness (QED) is 0.511. The van der Waals surface area contributed by atoms with Gasteiger partial charge in [0.25, 0.3) is 0 Å². The van der Waals surface area contributed by atoms with Gasteiger partial charge in [-0.15, -0.1) is 0 Å². The third-order valence-electron chi connectivity index (χ3n) is 2.10. The summed E-state index contributed by atoms with van der Waals surface area (Å²) in [7, 11) is 0. The molecule has 17 heavy (non-hydrogen) atoms. The van der Waals surface area contributed by atoms with Gasteiger partial charge in [-0.05, 0) is 44.5 Å². The minimum Gasteiger partial charge on any atom is -0.461 e. The van der Waals surface area contributed by atoms with Gasteiger partial charge in [-0.2, -0.15) is 5.10 Å². The van der Waals surface area contributed by atoms with E-state index in [0.29, 0.717) is 11.6 Å². The maximum absolute atomic E-state index is 11.3. The van der Waals surface area contributed by atoms with Crippen molar-refractivity contribution in [2.75, 3.05) is 12.0 Å². The molecule has 1 rings (SSSR count). The molecule has 0 saturated carbocycles. The number of ether oxygens (including phenoxy) is 1. The molecule has 1 aromatic carbocycles. The molecule has 4 nitrogen and oxygen atoms in total. The van der Waals surface area contributed by atoms with Crippen LogP contribution in [-0.2, 0) is 9.53 Å². The summed E-state index contributed by atoms with van der Waals surface area (Å²) < 4.78 is 4.81. The van der Waals surface area contributed by atoms with Crippen LogP contribution in [0.3, 0.4) is 0 Å². The first-order valence-corrected chi connectivity index (χ1v) is 5.66. The van der Waals surface area contributed by atoms with E-state index in [1.54, 1.807) is 26.0 Å². The molecule has 0 aliphatic heterocycles. The summed E-state index contributed by atoms with van der Waals surface area (Å²) in [6.45, 7) is 5.59. The Morgan fingerprint density at radius 1 is 1.53 bits per heavy atom. The topological polar surface area (TPSA) is 50.7 Å². The monoisotopic (exact) mass is 254 g/mol. The van der Waals surface area contributed by atoms with Crippen LogP contribution in [0.4, 0.5) is 5.69 Å². The number of anilines is 1. The van der Waals surface area contributed by atoms with E-state index in [9.17, 15) is 4.79 Å². The average Bonchev–Trinajstić information content (AvgIpc) is 2.27. The summed E-state index contributed by atoms with van der Waals surface area (Å²) in [4.78, 5) is 11.3. The number of rotatable bonds is 4. The SMILES string of the molecule is CCOC(=O)/C(C)=N/Nc1ccc(Cl)cc1C. The number of carbonyl (C=O) groups is 1. The van der Waals surface area contributed by atoms with Gasteiger partial charge in [0.2, 0.25) is 0 Å². The zero-order valence-electron chi connectivity index (χ0n) is 10.1. The smallest absolute Gasteiger partial charge is 0.354 e. The predicted molar refractivity (Wildman–Crippen MR) is 69.6 cm³/mol. The van der Waals surface area contributed by atoms with Crippen molar-refractivity contribution in [3.05, 3.63) is 28.8 Å². The van der Waals surface area contributed by atoms with Crippen molar-refractivity contribution in [2.45, 2.75) is 20.8 Å². The summed E-state index contributed by atoms with van der Waals surface area (Å²) in [5.41, 5.74) is 4.85. The molecule has 0 bridgehead atoms.